The van der Waals surface area contributed by atoms with E-state index in [1.54, 1.807) is 0 Å². The zero-order chi connectivity index (χ0) is 38.4. The average molecular weight is 739 g/mol. The molecule has 0 radical (unpaired) electrons. The second kappa shape index (κ2) is 14.1. The van der Waals surface area contributed by atoms with Gasteiger partial charge in [0.25, 0.3) is 0 Å². The molecule has 2 nitrogen and oxygen atoms in total. The largest absolute Gasteiger partial charge is 0.310 e. The summed E-state index contributed by atoms with van der Waals surface area (Å²) in [4.78, 5) is 2.39. The van der Waals surface area contributed by atoms with Gasteiger partial charge in [-0.15, -0.1) is 0 Å². The molecule has 0 aliphatic carbocycles. The molecule has 0 unspecified atom stereocenters. The molecule has 0 spiro atoms. The van der Waals surface area contributed by atoms with E-state index in [2.05, 4.69) is 240 Å². The molecule has 0 N–H and O–H groups in total. The lowest BCUT2D eigenvalue weighted by Crippen LogP contribution is -2.10. The molecule has 0 saturated carbocycles. The molecule has 11 rings (SSSR count). The van der Waals surface area contributed by atoms with Crippen molar-refractivity contribution in [2.45, 2.75) is 0 Å². The first kappa shape index (κ1) is 33.6. The molecular formula is C56H38N2. The lowest BCUT2D eigenvalue weighted by atomic mass is 9.97. The normalized spacial score (nSPS) is 11.4. The summed E-state index contributed by atoms with van der Waals surface area (Å²) < 4.78 is 2.39. The highest BCUT2D eigenvalue weighted by Gasteiger charge is 2.18. The van der Waals surface area contributed by atoms with Gasteiger partial charge in [0, 0.05) is 33.5 Å². The summed E-state index contributed by atoms with van der Waals surface area (Å²) in [5.41, 5.74) is 14.1. The van der Waals surface area contributed by atoms with Gasteiger partial charge in [-0.25, -0.2) is 0 Å². The molecule has 272 valence electrons. The fourth-order valence-electron chi connectivity index (χ4n) is 8.61. The van der Waals surface area contributed by atoms with Crippen molar-refractivity contribution in [1.29, 1.82) is 0 Å². The molecule has 1 aromatic heterocycles. The third-order valence-corrected chi connectivity index (χ3v) is 11.5. The number of anilines is 3. The molecule has 0 saturated heterocycles. The number of aromatic nitrogens is 1. The van der Waals surface area contributed by atoms with Crippen LogP contribution in [-0.2, 0) is 0 Å². The summed E-state index contributed by atoms with van der Waals surface area (Å²) in [7, 11) is 0. The van der Waals surface area contributed by atoms with E-state index in [0.29, 0.717) is 0 Å². The smallest absolute Gasteiger partial charge is 0.0561 e. The van der Waals surface area contributed by atoms with E-state index < -0.39 is 0 Å². The van der Waals surface area contributed by atoms with Crippen LogP contribution in [0.25, 0.3) is 82.4 Å². The standard InChI is InChI=1S/C56H38N2/c1-3-11-39(12-4-1)41-27-30-50(31-28-41)57(52-33-34-54-53-17-9-10-18-55(53)58(56(54)38-52)49-15-5-2-6-16-49)51-32-29-47-36-46(25-26-48(47)37-51)43-21-19-42(20-22-43)45-24-23-40-13-7-8-14-44(40)35-45/h1-38H. The van der Waals surface area contributed by atoms with Crippen molar-refractivity contribution < 1.29 is 0 Å². The molecule has 0 aliphatic rings. The quantitative estimate of drug-likeness (QED) is 0.158. The van der Waals surface area contributed by atoms with Crippen LogP contribution in [0, 0.1) is 0 Å². The van der Waals surface area contributed by atoms with E-state index in [1.807, 2.05) is 0 Å². The number of nitrogens with zero attached hydrogens (tertiary/aromatic N) is 2. The molecule has 0 amide bonds. The predicted octanol–water partition coefficient (Wildman–Crippen LogP) is 15.6. The van der Waals surface area contributed by atoms with E-state index in [1.165, 1.54) is 76.7 Å². The second-order valence-corrected chi connectivity index (χ2v) is 15.0. The first-order valence-electron chi connectivity index (χ1n) is 19.9. The van der Waals surface area contributed by atoms with Crippen molar-refractivity contribution in [2.75, 3.05) is 4.90 Å². The van der Waals surface area contributed by atoms with Gasteiger partial charge >= 0.3 is 0 Å². The van der Waals surface area contributed by atoms with Crippen LogP contribution in [-0.4, -0.2) is 4.57 Å². The van der Waals surface area contributed by atoms with Gasteiger partial charge in [-0.05, 0) is 122 Å². The molecule has 10 aromatic carbocycles. The fraction of sp³-hybridized carbons (Fsp3) is 0. The molecule has 0 aliphatic heterocycles. The molecule has 58 heavy (non-hydrogen) atoms. The fourth-order valence-corrected chi connectivity index (χ4v) is 8.61. The van der Waals surface area contributed by atoms with Crippen molar-refractivity contribution in [3.63, 3.8) is 0 Å². The Balaban J connectivity index is 0.996. The summed E-state index contributed by atoms with van der Waals surface area (Å²) in [6.07, 6.45) is 0. The van der Waals surface area contributed by atoms with E-state index in [4.69, 9.17) is 0 Å². The van der Waals surface area contributed by atoms with Gasteiger partial charge in [-0.3, -0.25) is 0 Å². The average Bonchev–Trinajstić information content (AvgIpc) is 3.63. The first-order valence-corrected chi connectivity index (χ1v) is 19.9. The van der Waals surface area contributed by atoms with Crippen LogP contribution in [0.4, 0.5) is 17.1 Å². The van der Waals surface area contributed by atoms with Crippen molar-refractivity contribution >= 4 is 60.4 Å². The molecular weight excluding hydrogens is 701 g/mol. The van der Waals surface area contributed by atoms with Gasteiger partial charge in [0.05, 0.1) is 11.0 Å². The number of fused-ring (bicyclic) bond motifs is 5. The first-order chi connectivity index (χ1) is 28.7. The maximum absolute atomic E-state index is 2.39. The third kappa shape index (κ3) is 6.00. The summed E-state index contributed by atoms with van der Waals surface area (Å²) in [6, 6.07) is 83.7. The van der Waals surface area contributed by atoms with Crippen molar-refractivity contribution in [3.05, 3.63) is 231 Å². The van der Waals surface area contributed by atoms with Crippen molar-refractivity contribution in [2.24, 2.45) is 0 Å². The number of hydrogen-bond donors (Lipinski definition) is 0. The Hall–Kier alpha value is -7.68. The zero-order valence-electron chi connectivity index (χ0n) is 31.8. The van der Waals surface area contributed by atoms with Crippen LogP contribution < -0.4 is 4.90 Å². The second-order valence-electron chi connectivity index (χ2n) is 15.0. The highest BCUT2D eigenvalue weighted by molar-refractivity contribution is 6.10. The molecule has 0 atom stereocenters. The summed E-state index contributed by atoms with van der Waals surface area (Å²) in [6.45, 7) is 0. The Morgan fingerprint density at radius 2 is 0.707 bits per heavy atom. The zero-order valence-corrected chi connectivity index (χ0v) is 31.8. The topological polar surface area (TPSA) is 8.17 Å². The highest BCUT2D eigenvalue weighted by Crippen LogP contribution is 2.41. The Bertz CT molecular complexity index is 3250. The van der Waals surface area contributed by atoms with Gasteiger partial charge in [0.2, 0.25) is 0 Å². The van der Waals surface area contributed by atoms with Gasteiger partial charge < -0.3 is 9.47 Å². The van der Waals surface area contributed by atoms with Crippen LogP contribution >= 0.6 is 0 Å². The lowest BCUT2D eigenvalue weighted by Gasteiger charge is -2.26. The van der Waals surface area contributed by atoms with E-state index >= 15 is 0 Å². The van der Waals surface area contributed by atoms with Crippen LogP contribution in [0.3, 0.4) is 0 Å². The van der Waals surface area contributed by atoms with E-state index in [9.17, 15) is 0 Å². The monoisotopic (exact) mass is 738 g/mol. The van der Waals surface area contributed by atoms with Crippen LogP contribution in [0.1, 0.15) is 0 Å². The van der Waals surface area contributed by atoms with Crippen molar-refractivity contribution in [1.82, 2.24) is 4.57 Å². The summed E-state index contributed by atoms with van der Waals surface area (Å²) >= 11 is 0. The van der Waals surface area contributed by atoms with Crippen LogP contribution in [0.15, 0.2) is 231 Å². The van der Waals surface area contributed by atoms with E-state index in [0.717, 1.165) is 22.7 Å². The van der Waals surface area contributed by atoms with Gasteiger partial charge in [0.1, 0.15) is 0 Å². The predicted molar refractivity (Wildman–Crippen MR) is 247 cm³/mol. The third-order valence-electron chi connectivity index (χ3n) is 11.5. The van der Waals surface area contributed by atoms with Crippen molar-refractivity contribution in [3.8, 4) is 39.1 Å². The maximum atomic E-state index is 2.39. The summed E-state index contributed by atoms with van der Waals surface area (Å²) in [5, 5.41) is 7.41. The maximum Gasteiger partial charge on any atom is 0.0561 e. The summed E-state index contributed by atoms with van der Waals surface area (Å²) in [5.74, 6) is 0. The Labute approximate surface area is 338 Å². The molecule has 11 aromatic rings. The van der Waals surface area contributed by atoms with E-state index in [-0.39, 0.29) is 0 Å². The number of benzene rings is 10. The SMILES string of the molecule is c1ccc(-c2ccc(N(c3ccc4cc(-c5ccc(-c6ccc7ccccc7c6)cc5)ccc4c3)c3ccc4c5ccccc5n(-c5ccccc5)c4c3)cc2)cc1. The molecule has 2 heteroatoms. The van der Waals surface area contributed by atoms with Gasteiger partial charge in [-0.1, -0.05) is 164 Å². The van der Waals surface area contributed by atoms with Gasteiger partial charge in [0.15, 0.2) is 0 Å². The number of para-hydroxylation sites is 2. The molecule has 1 heterocycles. The Kier molecular flexibility index (Phi) is 8.19. The number of hydrogen-bond acceptors (Lipinski definition) is 1. The Morgan fingerprint density at radius 1 is 0.259 bits per heavy atom. The van der Waals surface area contributed by atoms with Gasteiger partial charge in [-0.2, -0.15) is 0 Å². The molecule has 0 bridgehead atoms. The molecule has 0 fully saturated rings. The minimum absolute atomic E-state index is 1.10. The Morgan fingerprint density at radius 3 is 1.45 bits per heavy atom. The minimum Gasteiger partial charge on any atom is -0.310 e. The highest BCUT2D eigenvalue weighted by atomic mass is 15.1. The van der Waals surface area contributed by atoms with Crippen LogP contribution in [0.5, 0.6) is 0 Å². The van der Waals surface area contributed by atoms with Crippen LogP contribution in [0.2, 0.25) is 0 Å². The minimum atomic E-state index is 1.10. The lowest BCUT2D eigenvalue weighted by molar-refractivity contribution is 1.18. The number of rotatable bonds is 7.